The van der Waals surface area contributed by atoms with Crippen molar-refractivity contribution in [1.82, 2.24) is 15.1 Å². The Labute approximate surface area is 105 Å². The minimum Gasteiger partial charge on any atom is -0.479 e. The zero-order valence-electron chi connectivity index (χ0n) is 10.8. The second kappa shape index (κ2) is 5.07. The molecule has 0 saturated carbocycles. The number of carbonyl (C=O) groups is 2. The highest BCUT2D eigenvalue weighted by molar-refractivity contribution is 5.81. The molecule has 0 bridgehead atoms. The molecule has 1 heterocycles. The lowest BCUT2D eigenvalue weighted by Crippen LogP contribution is -2.37. The van der Waals surface area contributed by atoms with Crippen LogP contribution in [0.15, 0.2) is 12.4 Å². The lowest BCUT2D eigenvalue weighted by Gasteiger charge is -2.21. The van der Waals surface area contributed by atoms with Gasteiger partial charge in [0.25, 0.3) is 0 Å². The van der Waals surface area contributed by atoms with Crippen LogP contribution in [-0.4, -0.2) is 32.6 Å². The van der Waals surface area contributed by atoms with Crippen molar-refractivity contribution in [2.24, 2.45) is 7.05 Å². The Balaban J connectivity index is 2.76. The Kier molecular flexibility index (Phi) is 3.95. The van der Waals surface area contributed by atoms with Crippen LogP contribution in [0, 0.1) is 0 Å². The molecule has 0 aliphatic carbocycles. The van der Waals surface area contributed by atoms with Gasteiger partial charge in [-0.05, 0) is 20.8 Å². The van der Waals surface area contributed by atoms with E-state index in [2.05, 4.69) is 10.4 Å². The monoisotopic (exact) mass is 255 g/mol. The van der Waals surface area contributed by atoms with Crippen LogP contribution in [-0.2, 0) is 16.6 Å². The number of carboxylic acid groups (broad SMARTS) is 1. The van der Waals surface area contributed by atoms with E-state index in [1.54, 1.807) is 27.8 Å². The van der Waals surface area contributed by atoms with Gasteiger partial charge in [0.15, 0.2) is 6.04 Å². The lowest BCUT2D eigenvalue weighted by atomic mass is 10.1. The molecule has 1 aromatic heterocycles. The number of nitrogens with zero attached hydrogens (tertiary/aromatic N) is 2. The van der Waals surface area contributed by atoms with Gasteiger partial charge in [0, 0.05) is 18.8 Å². The maximum absolute atomic E-state index is 11.5. The molecule has 7 nitrogen and oxygen atoms in total. The molecule has 1 rings (SSSR count). The summed E-state index contributed by atoms with van der Waals surface area (Å²) in [6, 6.07) is -1.17. The number of rotatable bonds is 3. The van der Waals surface area contributed by atoms with Crippen molar-refractivity contribution in [2.75, 3.05) is 0 Å². The highest BCUT2D eigenvalue weighted by Crippen LogP contribution is 2.14. The van der Waals surface area contributed by atoms with Crippen LogP contribution >= 0.6 is 0 Å². The number of carboxylic acids is 1. The van der Waals surface area contributed by atoms with Gasteiger partial charge in [-0.2, -0.15) is 5.10 Å². The van der Waals surface area contributed by atoms with Gasteiger partial charge >= 0.3 is 12.1 Å². The molecule has 7 heteroatoms. The van der Waals surface area contributed by atoms with Gasteiger partial charge in [0.1, 0.15) is 5.60 Å². The Morgan fingerprint density at radius 1 is 1.50 bits per heavy atom. The molecule has 1 atom stereocenters. The molecule has 0 fully saturated rings. The van der Waals surface area contributed by atoms with Crippen LogP contribution in [0.5, 0.6) is 0 Å². The minimum absolute atomic E-state index is 0.385. The highest BCUT2D eigenvalue weighted by Gasteiger charge is 2.26. The van der Waals surface area contributed by atoms with Crippen LogP contribution < -0.4 is 5.32 Å². The van der Waals surface area contributed by atoms with Crippen LogP contribution in [0.3, 0.4) is 0 Å². The predicted octanol–water partition coefficient (Wildman–Crippen LogP) is 1.07. The molecular weight excluding hydrogens is 238 g/mol. The van der Waals surface area contributed by atoms with Gasteiger partial charge in [-0.15, -0.1) is 0 Å². The van der Waals surface area contributed by atoms with Gasteiger partial charge in [-0.25, -0.2) is 9.59 Å². The van der Waals surface area contributed by atoms with Crippen LogP contribution in [0.25, 0.3) is 0 Å². The van der Waals surface area contributed by atoms with E-state index in [0.29, 0.717) is 5.56 Å². The number of aliphatic carboxylic acids is 1. The predicted molar refractivity (Wildman–Crippen MR) is 63.0 cm³/mol. The molecule has 0 radical (unpaired) electrons. The van der Waals surface area contributed by atoms with Crippen molar-refractivity contribution in [1.29, 1.82) is 0 Å². The Hall–Kier alpha value is -2.05. The number of hydrogen-bond acceptors (Lipinski definition) is 4. The number of aryl methyl sites for hydroxylation is 1. The zero-order chi connectivity index (χ0) is 13.9. The fraction of sp³-hybridized carbons (Fsp3) is 0.545. The number of carbonyl (C=O) groups excluding carboxylic acids is 1. The summed E-state index contributed by atoms with van der Waals surface area (Å²) < 4.78 is 6.47. The van der Waals surface area contributed by atoms with Crippen molar-refractivity contribution < 1.29 is 19.4 Å². The van der Waals surface area contributed by atoms with Crippen LogP contribution in [0.2, 0.25) is 0 Å². The molecule has 1 amide bonds. The summed E-state index contributed by atoms with van der Waals surface area (Å²) in [7, 11) is 1.66. The molecular formula is C11H17N3O4. The summed E-state index contributed by atoms with van der Waals surface area (Å²) in [4.78, 5) is 22.6. The first-order valence-corrected chi connectivity index (χ1v) is 5.40. The van der Waals surface area contributed by atoms with E-state index in [-0.39, 0.29) is 0 Å². The van der Waals surface area contributed by atoms with Crippen LogP contribution in [0.1, 0.15) is 32.4 Å². The second-order valence-electron chi connectivity index (χ2n) is 4.86. The first kappa shape index (κ1) is 14.0. The first-order valence-electron chi connectivity index (χ1n) is 5.40. The van der Waals surface area contributed by atoms with Gasteiger partial charge in [-0.3, -0.25) is 4.68 Å². The molecule has 0 spiro atoms. The molecule has 100 valence electrons. The largest absolute Gasteiger partial charge is 0.479 e. The van der Waals surface area contributed by atoms with Crippen molar-refractivity contribution in [3.63, 3.8) is 0 Å². The molecule has 0 aromatic carbocycles. The maximum atomic E-state index is 11.5. The third-order valence-corrected chi connectivity index (χ3v) is 1.97. The molecule has 0 saturated heterocycles. The van der Waals surface area contributed by atoms with Crippen molar-refractivity contribution in [3.8, 4) is 0 Å². The standard InChI is InChI=1S/C11H17N3O4/c1-11(2,3)18-10(17)13-8(9(15)16)7-5-12-14(4)6-7/h5-6,8H,1-4H3,(H,13,17)(H,15,16). The summed E-state index contributed by atoms with van der Waals surface area (Å²) >= 11 is 0. The normalized spacial score (nSPS) is 12.9. The number of hydrogen-bond donors (Lipinski definition) is 2. The summed E-state index contributed by atoms with van der Waals surface area (Å²) in [5, 5.41) is 15.2. The van der Waals surface area contributed by atoms with Crippen molar-refractivity contribution in [2.45, 2.75) is 32.4 Å². The Morgan fingerprint density at radius 2 is 2.11 bits per heavy atom. The minimum atomic E-state index is -1.17. The van der Waals surface area contributed by atoms with E-state index < -0.39 is 23.7 Å². The van der Waals surface area contributed by atoms with Crippen molar-refractivity contribution in [3.05, 3.63) is 18.0 Å². The first-order chi connectivity index (χ1) is 8.19. The topological polar surface area (TPSA) is 93.5 Å². The van der Waals surface area contributed by atoms with Gasteiger partial charge in [-0.1, -0.05) is 0 Å². The quantitative estimate of drug-likeness (QED) is 0.842. The number of aromatic nitrogens is 2. The third-order valence-electron chi connectivity index (χ3n) is 1.97. The van der Waals surface area contributed by atoms with E-state index in [4.69, 9.17) is 9.84 Å². The number of nitrogens with one attached hydrogen (secondary N) is 1. The van der Waals surface area contributed by atoms with Crippen molar-refractivity contribution >= 4 is 12.1 Å². The van der Waals surface area contributed by atoms with E-state index >= 15 is 0 Å². The molecule has 0 aliphatic rings. The van der Waals surface area contributed by atoms with Gasteiger partial charge in [0.05, 0.1) is 6.20 Å². The Morgan fingerprint density at radius 3 is 2.50 bits per heavy atom. The summed E-state index contributed by atoms with van der Waals surface area (Å²) in [6.07, 6.45) is 2.13. The smallest absolute Gasteiger partial charge is 0.408 e. The fourth-order valence-electron chi connectivity index (χ4n) is 1.30. The fourth-order valence-corrected chi connectivity index (χ4v) is 1.30. The van der Waals surface area contributed by atoms with Gasteiger partial charge in [0.2, 0.25) is 0 Å². The SMILES string of the molecule is Cn1cc(C(NC(=O)OC(C)(C)C)C(=O)O)cn1. The highest BCUT2D eigenvalue weighted by atomic mass is 16.6. The molecule has 1 unspecified atom stereocenters. The van der Waals surface area contributed by atoms with E-state index in [0.717, 1.165) is 0 Å². The average molecular weight is 255 g/mol. The summed E-state index contributed by atoms with van der Waals surface area (Å²) in [5.74, 6) is -1.17. The van der Waals surface area contributed by atoms with Gasteiger partial charge < -0.3 is 15.2 Å². The zero-order valence-corrected chi connectivity index (χ0v) is 10.8. The Bertz CT molecular complexity index is 447. The molecule has 1 aromatic rings. The maximum Gasteiger partial charge on any atom is 0.408 e. The number of alkyl carbamates (subject to hydrolysis) is 1. The molecule has 2 N–H and O–H groups in total. The molecule has 18 heavy (non-hydrogen) atoms. The molecule has 0 aliphatic heterocycles. The average Bonchev–Trinajstić information content (AvgIpc) is 2.57. The lowest BCUT2D eigenvalue weighted by molar-refractivity contribution is -0.139. The van der Waals surface area contributed by atoms with Crippen LogP contribution in [0.4, 0.5) is 4.79 Å². The third kappa shape index (κ3) is 4.08. The van der Waals surface area contributed by atoms with E-state index in [9.17, 15) is 9.59 Å². The summed E-state index contributed by atoms with van der Waals surface area (Å²) in [5.41, 5.74) is -0.293. The van der Waals surface area contributed by atoms with E-state index in [1.165, 1.54) is 17.1 Å². The second-order valence-corrected chi connectivity index (χ2v) is 4.86. The number of amides is 1. The summed E-state index contributed by atoms with van der Waals surface area (Å²) in [6.45, 7) is 5.10. The van der Waals surface area contributed by atoms with E-state index in [1.807, 2.05) is 0 Å². The number of ether oxygens (including phenoxy) is 1.